The summed E-state index contributed by atoms with van der Waals surface area (Å²) in [5, 5.41) is 5.72. The van der Waals surface area contributed by atoms with Crippen molar-refractivity contribution in [2.24, 2.45) is 5.92 Å². The van der Waals surface area contributed by atoms with Gasteiger partial charge >= 0.3 is 0 Å². The number of hydrogen-bond acceptors (Lipinski definition) is 1. The predicted molar refractivity (Wildman–Crippen MR) is 99.0 cm³/mol. The first-order chi connectivity index (χ1) is 11.1. The zero-order chi connectivity index (χ0) is 16.1. The summed E-state index contributed by atoms with van der Waals surface area (Å²) >= 11 is 19.1. The second-order valence-electron chi connectivity index (χ2n) is 6.26. The summed E-state index contributed by atoms with van der Waals surface area (Å²) in [7, 11) is 0. The highest BCUT2D eigenvalue weighted by atomic mass is 35.5. The summed E-state index contributed by atoms with van der Waals surface area (Å²) in [4.78, 5) is 0. The second-order valence-corrected chi connectivity index (χ2v) is 7.45. The van der Waals surface area contributed by atoms with Gasteiger partial charge in [-0.15, -0.1) is 0 Å². The number of anilines is 1. The van der Waals surface area contributed by atoms with Crippen LogP contribution in [0.1, 0.15) is 35.1 Å². The van der Waals surface area contributed by atoms with Crippen LogP contribution in [0.3, 0.4) is 0 Å². The Morgan fingerprint density at radius 2 is 1.83 bits per heavy atom. The van der Waals surface area contributed by atoms with Crippen molar-refractivity contribution in [1.82, 2.24) is 0 Å². The Morgan fingerprint density at radius 3 is 2.65 bits per heavy atom. The molecule has 0 fully saturated rings. The summed E-state index contributed by atoms with van der Waals surface area (Å²) in [6, 6.07) is 10.1. The Hall–Kier alpha value is -1.15. The van der Waals surface area contributed by atoms with Crippen LogP contribution in [0.2, 0.25) is 15.1 Å². The molecule has 0 bridgehead atoms. The number of hydrogen-bond donors (Lipinski definition) is 1. The van der Waals surface area contributed by atoms with Crippen LogP contribution in [-0.4, -0.2) is 0 Å². The van der Waals surface area contributed by atoms with Crippen LogP contribution in [-0.2, 0) is 0 Å². The van der Waals surface area contributed by atoms with Crippen LogP contribution in [0.5, 0.6) is 0 Å². The Labute approximate surface area is 151 Å². The van der Waals surface area contributed by atoms with Gasteiger partial charge in [0, 0.05) is 16.6 Å². The number of fused-ring (bicyclic) bond motifs is 3. The molecule has 1 heterocycles. The largest absolute Gasteiger partial charge is 0.377 e. The van der Waals surface area contributed by atoms with Crippen molar-refractivity contribution in [1.29, 1.82) is 0 Å². The van der Waals surface area contributed by atoms with Crippen molar-refractivity contribution in [3.05, 3.63) is 74.2 Å². The quantitative estimate of drug-likeness (QED) is 0.550. The molecular weight excluding hydrogens is 349 g/mol. The zero-order valence-electron chi connectivity index (χ0n) is 12.6. The Kier molecular flexibility index (Phi) is 3.84. The van der Waals surface area contributed by atoms with E-state index in [-0.39, 0.29) is 6.04 Å². The molecule has 118 valence electrons. The molecule has 1 nitrogen and oxygen atoms in total. The standard InChI is InChI=1S/C19H16Cl3N/c1-10-15(20)9-8-13-11-4-2-5-12(11)19(23-18(10)13)14-6-3-7-16(21)17(14)22/h2-4,6-9,11-12,19,23H,5H2,1H3/t11-,12-,19-/m0/s1. The number of halogens is 3. The number of benzene rings is 2. The van der Waals surface area contributed by atoms with E-state index in [2.05, 4.69) is 36.5 Å². The lowest BCUT2D eigenvalue weighted by atomic mass is 9.76. The molecule has 0 saturated carbocycles. The number of allylic oxidation sites excluding steroid dienone is 2. The first-order valence-electron chi connectivity index (χ1n) is 7.74. The van der Waals surface area contributed by atoms with Gasteiger partial charge < -0.3 is 5.32 Å². The first-order valence-corrected chi connectivity index (χ1v) is 8.87. The number of nitrogens with one attached hydrogen (secondary N) is 1. The highest BCUT2D eigenvalue weighted by Crippen LogP contribution is 2.52. The molecule has 2 aliphatic rings. The average molecular weight is 365 g/mol. The van der Waals surface area contributed by atoms with Crippen molar-refractivity contribution in [3.8, 4) is 0 Å². The van der Waals surface area contributed by atoms with Crippen LogP contribution in [0.25, 0.3) is 0 Å². The van der Waals surface area contributed by atoms with Crippen molar-refractivity contribution >= 4 is 40.5 Å². The highest BCUT2D eigenvalue weighted by Gasteiger charge is 2.39. The van der Waals surface area contributed by atoms with Crippen LogP contribution < -0.4 is 5.32 Å². The summed E-state index contributed by atoms with van der Waals surface area (Å²) < 4.78 is 0. The van der Waals surface area contributed by atoms with Crippen LogP contribution >= 0.6 is 34.8 Å². The summed E-state index contributed by atoms with van der Waals surface area (Å²) in [6.45, 7) is 2.06. The van der Waals surface area contributed by atoms with Crippen molar-refractivity contribution in [2.45, 2.75) is 25.3 Å². The molecule has 23 heavy (non-hydrogen) atoms. The van der Waals surface area contributed by atoms with E-state index in [9.17, 15) is 0 Å². The van der Waals surface area contributed by atoms with Gasteiger partial charge in [-0.05, 0) is 48.1 Å². The van der Waals surface area contributed by atoms with Gasteiger partial charge in [-0.2, -0.15) is 0 Å². The SMILES string of the molecule is Cc1c(Cl)ccc2c1N[C@H](c1cccc(Cl)c1Cl)[C@H]1CC=C[C@H]21. The van der Waals surface area contributed by atoms with E-state index < -0.39 is 0 Å². The fraction of sp³-hybridized carbons (Fsp3) is 0.263. The lowest BCUT2D eigenvalue weighted by molar-refractivity contribution is 0.425. The molecule has 0 aromatic heterocycles. The molecule has 0 spiro atoms. The van der Waals surface area contributed by atoms with Gasteiger partial charge in [0.15, 0.2) is 0 Å². The molecule has 0 radical (unpaired) electrons. The normalized spacial score (nSPS) is 25.0. The summed E-state index contributed by atoms with van der Waals surface area (Å²) in [5.41, 5.74) is 4.60. The third-order valence-corrected chi connectivity index (χ3v) is 6.29. The van der Waals surface area contributed by atoms with Gasteiger partial charge in [0.05, 0.1) is 16.1 Å². The Bertz CT molecular complexity index is 813. The lowest BCUT2D eigenvalue weighted by Crippen LogP contribution is -2.29. The second kappa shape index (κ2) is 5.73. The molecule has 4 rings (SSSR count). The van der Waals surface area contributed by atoms with Crippen molar-refractivity contribution in [2.75, 3.05) is 5.32 Å². The minimum Gasteiger partial charge on any atom is -0.377 e. The van der Waals surface area contributed by atoms with Gasteiger partial charge in [-0.25, -0.2) is 0 Å². The lowest BCUT2D eigenvalue weighted by Gasteiger charge is -2.39. The fourth-order valence-corrected chi connectivity index (χ4v) is 4.44. The van der Waals surface area contributed by atoms with Crippen LogP contribution in [0.4, 0.5) is 5.69 Å². The maximum Gasteiger partial charge on any atom is 0.0645 e. The molecule has 1 N–H and O–H groups in total. The Morgan fingerprint density at radius 1 is 1.00 bits per heavy atom. The minimum absolute atomic E-state index is 0.130. The van der Waals surface area contributed by atoms with Crippen molar-refractivity contribution in [3.63, 3.8) is 0 Å². The Balaban J connectivity index is 1.87. The fourth-order valence-electron chi connectivity index (χ4n) is 3.86. The van der Waals surface area contributed by atoms with E-state index in [0.29, 0.717) is 21.9 Å². The molecule has 2 aromatic carbocycles. The molecule has 0 unspecified atom stereocenters. The monoisotopic (exact) mass is 363 g/mol. The molecule has 2 aromatic rings. The summed E-state index contributed by atoms with van der Waals surface area (Å²) in [6.07, 6.45) is 5.61. The molecule has 3 atom stereocenters. The van der Waals surface area contributed by atoms with Gasteiger partial charge in [-0.1, -0.05) is 65.2 Å². The molecule has 4 heteroatoms. The van der Waals surface area contributed by atoms with Gasteiger partial charge in [0.2, 0.25) is 0 Å². The highest BCUT2D eigenvalue weighted by molar-refractivity contribution is 6.42. The molecule has 1 aliphatic carbocycles. The average Bonchev–Trinajstić information content (AvgIpc) is 3.03. The van der Waals surface area contributed by atoms with E-state index in [0.717, 1.165) is 28.3 Å². The molecule has 1 aliphatic heterocycles. The minimum atomic E-state index is 0.130. The first kappa shape index (κ1) is 15.4. The van der Waals surface area contributed by atoms with Crippen LogP contribution in [0.15, 0.2) is 42.5 Å². The van der Waals surface area contributed by atoms with Crippen LogP contribution in [0, 0.1) is 12.8 Å². The third kappa shape index (κ3) is 2.38. The molecule has 0 saturated heterocycles. The van der Waals surface area contributed by atoms with E-state index in [4.69, 9.17) is 34.8 Å². The zero-order valence-corrected chi connectivity index (χ0v) is 14.9. The van der Waals surface area contributed by atoms with Crippen molar-refractivity contribution < 1.29 is 0 Å². The van der Waals surface area contributed by atoms with E-state index >= 15 is 0 Å². The molecule has 0 amide bonds. The van der Waals surface area contributed by atoms with E-state index in [1.54, 1.807) is 0 Å². The molecular formula is C19H16Cl3N. The van der Waals surface area contributed by atoms with E-state index in [1.165, 1.54) is 5.56 Å². The van der Waals surface area contributed by atoms with Gasteiger partial charge in [0.1, 0.15) is 0 Å². The predicted octanol–water partition coefficient (Wildman–Crippen LogP) is 6.78. The third-order valence-electron chi connectivity index (χ3n) is 5.05. The maximum atomic E-state index is 6.50. The summed E-state index contributed by atoms with van der Waals surface area (Å²) in [5.74, 6) is 0.835. The van der Waals surface area contributed by atoms with Gasteiger partial charge in [-0.3, -0.25) is 0 Å². The number of rotatable bonds is 1. The topological polar surface area (TPSA) is 12.0 Å². The maximum absolute atomic E-state index is 6.50. The van der Waals surface area contributed by atoms with Gasteiger partial charge in [0.25, 0.3) is 0 Å². The smallest absolute Gasteiger partial charge is 0.0645 e. The van der Waals surface area contributed by atoms with E-state index in [1.807, 2.05) is 18.2 Å².